The van der Waals surface area contributed by atoms with Crippen LogP contribution >= 0.6 is 0 Å². The number of aromatic nitrogens is 3. The third kappa shape index (κ3) is 2.31. The molecule has 1 amide bonds. The van der Waals surface area contributed by atoms with E-state index in [1.807, 2.05) is 47.8 Å². The van der Waals surface area contributed by atoms with Gasteiger partial charge in [-0.3, -0.25) is 4.79 Å². The lowest BCUT2D eigenvalue weighted by atomic mass is 10.1. The summed E-state index contributed by atoms with van der Waals surface area (Å²) >= 11 is 0. The smallest absolute Gasteiger partial charge is 0.270 e. The molecule has 0 aliphatic carbocycles. The minimum Gasteiger partial charge on any atom is -0.347 e. The Morgan fingerprint density at radius 2 is 2.25 bits per heavy atom. The first-order valence-electron chi connectivity index (χ1n) is 6.85. The number of carbonyl (C=O) groups is 1. The van der Waals surface area contributed by atoms with Crippen LogP contribution in [0.15, 0.2) is 30.6 Å². The molecule has 0 aromatic carbocycles. The van der Waals surface area contributed by atoms with Crippen molar-refractivity contribution in [3.63, 3.8) is 0 Å². The maximum atomic E-state index is 12.4. The van der Waals surface area contributed by atoms with E-state index in [1.54, 1.807) is 6.20 Å². The van der Waals surface area contributed by atoms with E-state index in [0.29, 0.717) is 6.54 Å². The summed E-state index contributed by atoms with van der Waals surface area (Å²) in [5.41, 5.74) is 1.71. The molecule has 1 atom stereocenters. The van der Waals surface area contributed by atoms with Crippen LogP contribution in [0.25, 0.3) is 0 Å². The Morgan fingerprint density at radius 1 is 1.40 bits per heavy atom. The van der Waals surface area contributed by atoms with Gasteiger partial charge in [-0.25, -0.2) is 9.97 Å². The highest BCUT2D eigenvalue weighted by Gasteiger charge is 2.30. The molecule has 1 saturated heterocycles. The van der Waals surface area contributed by atoms with Gasteiger partial charge >= 0.3 is 0 Å². The maximum absolute atomic E-state index is 12.4. The summed E-state index contributed by atoms with van der Waals surface area (Å²) in [4.78, 5) is 23.1. The second-order valence-corrected chi connectivity index (χ2v) is 5.30. The Balaban J connectivity index is 1.74. The Bertz CT molecular complexity index is 634. The highest BCUT2D eigenvalue weighted by atomic mass is 16.2. The van der Waals surface area contributed by atoms with Crippen LogP contribution in [0, 0.1) is 6.92 Å². The van der Waals surface area contributed by atoms with E-state index in [4.69, 9.17) is 0 Å². The van der Waals surface area contributed by atoms with Crippen molar-refractivity contribution in [2.75, 3.05) is 13.1 Å². The van der Waals surface area contributed by atoms with Crippen LogP contribution in [0.1, 0.15) is 34.3 Å². The van der Waals surface area contributed by atoms with Gasteiger partial charge in [-0.15, -0.1) is 0 Å². The molecule has 0 spiro atoms. The number of carbonyl (C=O) groups excluding carboxylic acids is 1. The van der Waals surface area contributed by atoms with Crippen LogP contribution in [0.3, 0.4) is 0 Å². The fraction of sp³-hybridized carbons (Fsp3) is 0.400. The molecule has 5 heteroatoms. The van der Waals surface area contributed by atoms with Crippen LogP contribution in [0.4, 0.5) is 0 Å². The Morgan fingerprint density at radius 3 is 2.95 bits per heavy atom. The summed E-state index contributed by atoms with van der Waals surface area (Å²) in [6.07, 6.45) is 4.61. The molecule has 1 aliphatic rings. The van der Waals surface area contributed by atoms with Gasteiger partial charge in [-0.1, -0.05) is 0 Å². The lowest BCUT2D eigenvalue weighted by Gasteiger charge is -2.16. The lowest BCUT2D eigenvalue weighted by Crippen LogP contribution is -2.30. The first kappa shape index (κ1) is 12.8. The zero-order chi connectivity index (χ0) is 14.1. The van der Waals surface area contributed by atoms with Crippen molar-refractivity contribution in [2.45, 2.75) is 19.3 Å². The highest BCUT2D eigenvalue weighted by molar-refractivity contribution is 5.93. The third-order valence-corrected chi connectivity index (χ3v) is 3.82. The average molecular weight is 270 g/mol. The molecule has 0 radical (unpaired) electrons. The number of aryl methyl sites for hydroxylation is 2. The maximum Gasteiger partial charge on any atom is 0.270 e. The van der Waals surface area contributed by atoms with E-state index in [1.165, 1.54) is 0 Å². The number of nitrogens with zero attached hydrogens (tertiary/aromatic N) is 4. The van der Waals surface area contributed by atoms with Gasteiger partial charge in [0, 0.05) is 44.1 Å². The Hall–Kier alpha value is -2.17. The van der Waals surface area contributed by atoms with Crippen molar-refractivity contribution in [2.24, 2.45) is 7.05 Å². The van der Waals surface area contributed by atoms with E-state index in [-0.39, 0.29) is 11.8 Å². The molecule has 0 N–H and O–H groups in total. The van der Waals surface area contributed by atoms with E-state index < -0.39 is 0 Å². The van der Waals surface area contributed by atoms with E-state index >= 15 is 0 Å². The molecule has 104 valence electrons. The monoisotopic (exact) mass is 270 g/mol. The Labute approximate surface area is 118 Å². The molecule has 3 rings (SSSR count). The number of likely N-dealkylation sites (tertiary alicyclic amines) is 1. The molecule has 3 heterocycles. The predicted molar refractivity (Wildman–Crippen MR) is 75.4 cm³/mol. The van der Waals surface area contributed by atoms with Crippen molar-refractivity contribution in [3.8, 4) is 0 Å². The van der Waals surface area contributed by atoms with Crippen LogP contribution in [-0.4, -0.2) is 38.4 Å². The molecular formula is C15H18N4O. The number of amides is 1. The van der Waals surface area contributed by atoms with Crippen LogP contribution in [0.5, 0.6) is 0 Å². The van der Waals surface area contributed by atoms with Gasteiger partial charge in [0.1, 0.15) is 11.5 Å². The summed E-state index contributed by atoms with van der Waals surface area (Å²) in [5.74, 6) is 1.19. The van der Waals surface area contributed by atoms with Crippen molar-refractivity contribution in [1.82, 2.24) is 19.4 Å². The molecule has 0 bridgehead atoms. The summed E-state index contributed by atoms with van der Waals surface area (Å²) in [7, 11) is 1.89. The summed E-state index contributed by atoms with van der Waals surface area (Å²) in [6, 6.07) is 5.65. The number of rotatable bonds is 2. The van der Waals surface area contributed by atoms with Gasteiger partial charge in [-0.05, 0) is 31.5 Å². The van der Waals surface area contributed by atoms with Crippen molar-refractivity contribution in [3.05, 3.63) is 47.8 Å². The SMILES string of the molecule is Cc1ccnc(C2CCN(C(=O)c3cccn3C)C2)n1. The van der Waals surface area contributed by atoms with Gasteiger partial charge in [0.15, 0.2) is 0 Å². The first-order valence-corrected chi connectivity index (χ1v) is 6.85. The van der Waals surface area contributed by atoms with Crippen molar-refractivity contribution in [1.29, 1.82) is 0 Å². The molecule has 2 aromatic rings. The van der Waals surface area contributed by atoms with Crippen LogP contribution < -0.4 is 0 Å². The van der Waals surface area contributed by atoms with E-state index in [2.05, 4.69) is 9.97 Å². The largest absolute Gasteiger partial charge is 0.347 e. The summed E-state index contributed by atoms with van der Waals surface area (Å²) < 4.78 is 1.86. The van der Waals surface area contributed by atoms with Gasteiger partial charge in [0.2, 0.25) is 0 Å². The molecular weight excluding hydrogens is 252 g/mol. The third-order valence-electron chi connectivity index (χ3n) is 3.82. The topological polar surface area (TPSA) is 51.0 Å². The van der Waals surface area contributed by atoms with Crippen molar-refractivity contribution >= 4 is 5.91 Å². The van der Waals surface area contributed by atoms with Gasteiger partial charge < -0.3 is 9.47 Å². The van der Waals surface area contributed by atoms with E-state index in [9.17, 15) is 4.79 Å². The van der Waals surface area contributed by atoms with Crippen LogP contribution in [0.2, 0.25) is 0 Å². The lowest BCUT2D eigenvalue weighted by molar-refractivity contribution is 0.0781. The molecule has 0 saturated carbocycles. The molecule has 2 aromatic heterocycles. The molecule has 1 fully saturated rings. The summed E-state index contributed by atoms with van der Waals surface area (Å²) in [5, 5.41) is 0. The molecule has 1 aliphatic heterocycles. The minimum absolute atomic E-state index is 0.0904. The number of hydrogen-bond acceptors (Lipinski definition) is 3. The Kier molecular flexibility index (Phi) is 3.26. The van der Waals surface area contributed by atoms with Gasteiger partial charge in [0.25, 0.3) is 5.91 Å². The van der Waals surface area contributed by atoms with Crippen molar-refractivity contribution < 1.29 is 4.79 Å². The quantitative estimate of drug-likeness (QED) is 0.835. The fourth-order valence-corrected chi connectivity index (χ4v) is 2.67. The fourth-order valence-electron chi connectivity index (χ4n) is 2.67. The predicted octanol–water partition coefficient (Wildman–Crippen LogP) is 1.75. The van der Waals surface area contributed by atoms with E-state index in [0.717, 1.165) is 30.2 Å². The standard InChI is InChI=1S/C15H18N4O/c1-11-5-7-16-14(17-11)12-6-9-19(10-12)15(20)13-4-3-8-18(13)2/h3-5,7-8,12H,6,9-10H2,1-2H3. The molecule has 1 unspecified atom stereocenters. The second kappa shape index (κ2) is 5.07. The average Bonchev–Trinajstić information content (AvgIpc) is 3.07. The molecule has 20 heavy (non-hydrogen) atoms. The molecule has 5 nitrogen and oxygen atoms in total. The zero-order valence-electron chi connectivity index (χ0n) is 11.8. The first-order chi connectivity index (χ1) is 9.65. The minimum atomic E-state index is 0.0904. The number of hydrogen-bond donors (Lipinski definition) is 0. The van der Waals surface area contributed by atoms with Gasteiger partial charge in [-0.2, -0.15) is 0 Å². The summed E-state index contributed by atoms with van der Waals surface area (Å²) in [6.45, 7) is 3.44. The second-order valence-electron chi connectivity index (χ2n) is 5.30. The van der Waals surface area contributed by atoms with Crippen LogP contribution in [-0.2, 0) is 7.05 Å². The normalized spacial score (nSPS) is 18.5. The zero-order valence-corrected chi connectivity index (χ0v) is 11.8. The van der Waals surface area contributed by atoms with Gasteiger partial charge in [0.05, 0.1) is 0 Å². The highest BCUT2D eigenvalue weighted by Crippen LogP contribution is 2.25.